The summed E-state index contributed by atoms with van der Waals surface area (Å²) in [7, 11) is 0. The maximum atomic E-state index is 6.58. The highest BCUT2D eigenvalue weighted by Gasteiger charge is 2.26. The fraction of sp³-hybridized carbons (Fsp3) is 0.0588. The standard InChI is InChI=1S/C34H21NO/c1-2-9-21-20(8-1)24-12-7-13-28-30(19-18-25(21)32(24)28)35-29-14-5-3-10-22(29)26-16-17-27-23-11-4-6-15-31(23)36-34(27)33(26)35/h1-2,4-9,11-19H,3,10H2. The van der Waals surface area contributed by atoms with Crippen molar-refractivity contribution in [2.45, 2.75) is 12.8 Å². The fourth-order valence-corrected chi connectivity index (χ4v) is 6.73. The van der Waals surface area contributed by atoms with Gasteiger partial charge in [0.25, 0.3) is 0 Å². The van der Waals surface area contributed by atoms with Crippen LogP contribution >= 0.6 is 0 Å². The lowest BCUT2D eigenvalue weighted by molar-refractivity contribution is 0.671. The van der Waals surface area contributed by atoms with Crippen LogP contribution in [0.1, 0.15) is 17.7 Å². The molecule has 9 rings (SSSR count). The molecule has 168 valence electrons. The summed E-state index contributed by atoms with van der Waals surface area (Å²) in [6.45, 7) is 0. The van der Waals surface area contributed by atoms with Gasteiger partial charge in [0, 0.05) is 27.2 Å². The number of fused-ring (bicyclic) bond motifs is 10. The topological polar surface area (TPSA) is 18.1 Å². The number of aryl methyl sites for hydroxylation is 1. The number of hydrogen-bond acceptors (Lipinski definition) is 1. The molecule has 0 aliphatic heterocycles. The fourth-order valence-electron chi connectivity index (χ4n) is 6.73. The van der Waals surface area contributed by atoms with Gasteiger partial charge in [-0.2, -0.15) is 0 Å². The van der Waals surface area contributed by atoms with E-state index in [1.165, 1.54) is 71.6 Å². The highest BCUT2D eigenvalue weighted by atomic mass is 16.3. The van der Waals surface area contributed by atoms with Gasteiger partial charge in [0.15, 0.2) is 5.58 Å². The van der Waals surface area contributed by atoms with E-state index >= 15 is 0 Å². The molecule has 0 spiro atoms. The molecule has 2 heterocycles. The van der Waals surface area contributed by atoms with E-state index in [0.717, 1.165) is 24.0 Å². The number of allylic oxidation sites excluding steroid dienone is 1. The van der Waals surface area contributed by atoms with E-state index < -0.39 is 0 Å². The average Bonchev–Trinajstić information content (AvgIpc) is 3.58. The second kappa shape index (κ2) is 6.56. The van der Waals surface area contributed by atoms with Crippen LogP contribution in [0.4, 0.5) is 0 Å². The summed E-state index contributed by atoms with van der Waals surface area (Å²) in [5.74, 6) is 0. The van der Waals surface area contributed by atoms with Crippen molar-refractivity contribution >= 4 is 49.7 Å². The van der Waals surface area contributed by atoms with E-state index in [0.29, 0.717) is 0 Å². The molecule has 2 nitrogen and oxygen atoms in total. The molecule has 7 aromatic rings. The van der Waals surface area contributed by atoms with Crippen LogP contribution in [0, 0.1) is 0 Å². The first kappa shape index (κ1) is 18.7. The summed E-state index contributed by atoms with van der Waals surface area (Å²) in [4.78, 5) is 0. The van der Waals surface area contributed by atoms with Crippen LogP contribution in [0.2, 0.25) is 0 Å². The molecule has 36 heavy (non-hydrogen) atoms. The Morgan fingerprint density at radius 1 is 0.611 bits per heavy atom. The summed E-state index contributed by atoms with van der Waals surface area (Å²) >= 11 is 0. The van der Waals surface area contributed by atoms with Crippen molar-refractivity contribution < 1.29 is 4.42 Å². The molecule has 0 fully saturated rings. The molecular formula is C34H21NO. The van der Waals surface area contributed by atoms with Crippen LogP contribution in [-0.4, -0.2) is 4.57 Å². The Balaban J connectivity index is 1.47. The highest BCUT2D eigenvalue weighted by Crippen LogP contribution is 2.49. The third-order valence-electron chi connectivity index (χ3n) is 8.22. The first-order valence-electron chi connectivity index (χ1n) is 12.7. The summed E-state index contributed by atoms with van der Waals surface area (Å²) < 4.78 is 9.05. The van der Waals surface area contributed by atoms with Gasteiger partial charge >= 0.3 is 0 Å². The molecule has 0 saturated heterocycles. The first-order valence-corrected chi connectivity index (χ1v) is 12.7. The zero-order valence-electron chi connectivity index (χ0n) is 19.6. The number of hydrogen-bond donors (Lipinski definition) is 0. The minimum absolute atomic E-state index is 0.942. The highest BCUT2D eigenvalue weighted by molar-refractivity contribution is 6.19. The van der Waals surface area contributed by atoms with Gasteiger partial charge in [-0.25, -0.2) is 0 Å². The van der Waals surface area contributed by atoms with E-state index in [1.54, 1.807) is 0 Å². The molecule has 0 N–H and O–H groups in total. The number of para-hydroxylation sites is 1. The predicted octanol–water partition coefficient (Wildman–Crippen LogP) is 9.29. The monoisotopic (exact) mass is 459 g/mol. The molecule has 5 aromatic carbocycles. The predicted molar refractivity (Wildman–Crippen MR) is 150 cm³/mol. The smallest absolute Gasteiger partial charge is 0.160 e. The molecule has 0 amide bonds. The summed E-state index contributed by atoms with van der Waals surface area (Å²) in [6.07, 6.45) is 6.74. The molecule has 0 bridgehead atoms. The SMILES string of the molecule is C1=Cc2c(c3ccc4c5ccccc5oc4c3n2-c2ccc3c4c(cccc24)-c2ccccc2-3)CC1. The van der Waals surface area contributed by atoms with Gasteiger partial charge in [-0.1, -0.05) is 78.9 Å². The van der Waals surface area contributed by atoms with Crippen molar-refractivity contribution in [2.75, 3.05) is 0 Å². The maximum absolute atomic E-state index is 6.58. The minimum atomic E-state index is 0.942. The Bertz CT molecular complexity index is 2070. The lowest BCUT2D eigenvalue weighted by Gasteiger charge is -2.15. The Hall–Kier alpha value is -4.56. The van der Waals surface area contributed by atoms with Gasteiger partial charge in [-0.05, 0) is 70.3 Å². The molecular weight excluding hydrogens is 438 g/mol. The molecule has 2 aliphatic carbocycles. The van der Waals surface area contributed by atoms with Crippen molar-refractivity contribution in [3.05, 3.63) is 108 Å². The second-order valence-corrected chi connectivity index (χ2v) is 9.98. The lowest BCUT2D eigenvalue weighted by atomic mass is 10.00. The summed E-state index contributed by atoms with van der Waals surface area (Å²) in [5.41, 5.74) is 12.3. The van der Waals surface area contributed by atoms with Gasteiger partial charge < -0.3 is 8.98 Å². The number of furan rings is 1. The van der Waals surface area contributed by atoms with Crippen LogP contribution in [0.5, 0.6) is 0 Å². The minimum Gasteiger partial charge on any atom is -0.454 e. The van der Waals surface area contributed by atoms with Crippen molar-refractivity contribution in [1.29, 1.82) is 0 Å². The maximum Gasteiger partial charge on any atom is 0.160 e. The van der Waals surface area contributed by atoms with Crippen LogP contribution in [0.25, 0.3) is 77.6 Å². The van der Waals surface area contributed by atoms with Gasteiger partial charge in [-0.15, -0.1) is 0 Å². The molecule has 2 aromatic heterocycles. The average molecular weight is 460 g/mol. The Labute approximate surface area is 207 Å². The van der Waals surface area contributed by atoms with Crippen LogP contribution < -0.4 is 0 Å². The Kier molecular flexibility index (Phi) is 3.41. The van der Waals surface area contributed by atoms with Crippen molar-refractivity contribution in [3.63, 3.8) is 0 Å². The Morgan fingerprint density at radius 3 is 2.28 bits per heavy atom. The summed E-state index contributed by atoms with van der Waals surface area (Å²) in [6, 6.07) is 33.1. The quantitative estimate of drug-likeness (QED) is 0.239. The molecule has 0 radical (unpaired) electrons. The van der Waals surface area contributed by atoms with Gasteiger partial charge in [0.2, 0.25) is 0 Å². The molecule has 0 atom stereocenters. The van der Waals surface area contributed by atoms with Crippen LogP contribution in [0.3, 0.4) is 0 Å². The van der Waals surface area contributed by atoms with Crippen molar-refractivity contribution in [2.24, 2.45) is 0 Å². The zero-order chi connectivity index (χ0) is 23.4. The second-order valence-electron chi connectivity index (χ2n) is 9.98. The van der Waals surface area contributed by atoms with Crippen molar-refractivity contribution in [3.8, 4) is 27.9 Å². The molecule has 0 unspecified atom stereocenters. The zero-order valence-corrected chi connectivity index (χ0v) is 19.6. The molecule has 2 aliphatic rings. The van der Waals surface area contributed by atoms with E-state index in [4.69, 9.17) is 4.42 Å². The van der Waals surface area contributed by atoms with E-state index in [-0.39, 0.29) is 0 Å². The lowest BCUT2D eigenvalue weighted by Crippen LogP contribution is -2.01. The van der Waals surface area contributed by atoms with E-state index in [9.17, 15) is 0 Å². The largest absolute Gasteiger partial charge is 0.454 e. The number of benzene rings is 5. The van der Waals surface area contributed by atoms with Crippen molar-refractivity contribution in [1.82, 2.24) is 4.57 Å². The third-order valence-corrected chi connectivity index (χ3v) is 8.22. The van der Waals surface area contributed by atoms with Gasteiger partial charge in [0.05, 0.1) is 11.2 Å². The van der Waals surface area contributed by atoms with E-state index in [1.807, 2.05) is 0 Å². The first-order chi connectivity index (χ1) is 17.9. The molecule has 2 heteroatoms. The Morgan fingerprint density at radius 2 is 1.36 bits per heavy atom. The number of aromatic nitrogens is 1. The normalized spacial score (nSPS) is 13.8. The van der Waals surface area contributed by atoms with Gasteiger partial charge in [-0.3, -0.25) is 0 Å². The van der Waals surface area contributed by atoms with E-state index in [2.05, 4.69) is 108 Å². The van der Waals surface area contributed by atoms with Gasteiger partial charge in [0.1, 0.15) is 5.58 Å². The number of nitrogens with zero attached hydrogens (tertiary/aromatic N) is 1. The molecule has 0 saturated carbocycles. The number of rotatable bonds is 1. The summed E-state index contributed by atoms with van der Waals surface area (Å²) in [5, 5.41) is 6.28. The van der Waals surface area contributed by atoms with Crippen LogP contribution in [-0.2, 0) is 6.42 Å². The van der Waals surface area contributed by atoms with Crippen LogP contribution in [0.15, 0.2) is 101 Å². The third kappa shape index (κ3) is 2.18.